The molecule has 0 bridgehead atoms. The molecule has 1 aromatic heterocycles. The van der Waals surface area contributed by atoms with Gasteiger partial charge in [0.25, 0.3) is 0 Å². The standard InChI is InChI=1S/C22H25N5O2S/c1-22(2,3)17-6-10-19(11-7-17)29-15-20-25-26-21(27(20)24)30-13-12-28-18-8-4-16(14-23)5-9-18/h4-11H,12-13,15,24H2,1-3H3. The lowest BCUT2D eigenvalue weighted by Gasteiger charge is -2.19. The van der Waals surface area contributed by atoms with Crippen LogP contribution in [0.2, 0.25) is 0 Å². The molecule has 1 heterocycles. The van der Waals surface area contributed by atoms with Crippen molar-refractivity contribution in [3.8, 4) is 17.6 Å². The maximum Gasteiger partial charge on any atom is 0.210 e. The number of thioether (sulfide) groups is 1. The van der Waals surface area contributed by atoms with Gasteiger partial charge in [0, 0.05) is 5.75 Å². The fourth-order valence-corrected chi connectivity index (χ4v) is 3.31. The Morgan fingerprint density at radius 3 is 2.27 bits per heavy atom. The molecule has 0 fully saturated rings. The number of aromatic nitrogens is 3. The van der Waals surface area contributed by atoms with E-state index in [0.29, 0.717) is 28.9 Å². The molecule has 0 atom stereocenters. The molecule has 0 spiro atoms. The van der Waals surface area contributed by atoms with E-state index in [1.807, 2.05) is 12.1 Å². The molecule has 156 valence electrons. The maximum absolute atomic E-state index is 8.81. The molecule has 30 heavy (non-hydrogen) atoms. The van der Waals surface area contributed by atoms with Gasteiger partial charge in [0.15, 0.2) is 5.82 Å². The molecule has 0 unspecified atom stereocenters. The summed E-state index contributed by atoms with van der Waals surface area (Å²) in [6.07, 6.45) is 0. The van der Waals surface area contributed by atoms with Gasteiger partial charge in [-0.2, -0.15) is 5.26 Å². The summed E-state index contributed by atoms with van der Waals surface area (Å²) in [6.45, 7) is 7.24. The Morgan fingerprint density at radius 2 is 1.63 bits per heavy atom. The lowest BCUT2D eigenvalue weighted by molar-refractivity contribution is 0.291. The minimum absolute atomic E-state index is 0.103. The normalized spacial score (nSPS) is 11.1. The monoisotopic (exact) mass is 423 g/mol. The van der Waals surface area contributed by atoms with Crippen LogP contribution < -0.4 is 15.3 Å². The predicted octanol–water partition coefficient (Wildman–Crippen LogP) is 3.91. The topological polar surface area (TPSA) is 99.0 Å². The Morgan fingerprint density at radius 1 is 1.00 bits per heavy atom. The van der Waals surface area contributed by atoms with Crippen LogP contribution in [0.3, 0.4) is 0 Å². The fraction of sp³-hybridized carbons (Fsp3) is 0.318. The van der Waals surface area contributed by atoms with Gasteiger partial charge in [-0.1, -0.05) is 44.7 Å². The molecule has 0 saturated heterocycles. The van der Waals surface area contributed by atoms with Crippen LogP contribution >= 0.6 is 11.8 Å². The summed E-state index contributed by atoms with van der Waals surface area (Å²) in [7, 11) is 0. The van der Waals surface area contributed by atoms with Crippen molar-refractivity contribution in [1.82, 2.24) is 14.9 Å². The second kappa shape index (κ2) is 9.55. The lowest BCUT2D eigenvalue weighted by Crippen LogP contribution is -2.16. The summed E-state index contributed by atoms with van der Waals surface area (Å²) < 4.78 is 12.9. The molecule has 0 aliphatic carbocycles. The third-order valence-corrected chi connectivity index (χ3v) is 5.30. The van der Waals surface area contributed by atoms with Crippen molar-refractivity contribution in [1.29, 1.82) is 5.26 Å². The molecule has 2 N–H and O–H groups in total. The molecule has 3 rings (SSSR count). The van der Waals surface area contributed by atoms with Gasteiger partial charge >= 0.3 is 0 Å². The SMILES string of the molecule is CC(C)(C)c1ccc(OCc2nnc(SCCOc3ccc(C#N)cc3)n2N)cc1. The van der Waals surface area contributed by atoms with Crippen LogP contribution in [0.4, 0.5) is 0 Å². The van der Waals surface area contributed by atoms with Gasteiger partial charge in [0.1, 0.15) is 18.1 Å². The molecule has 7 nitrogen and oxygen atoms in total. The van der Waals surface area contributed by atoms with E-state index in [4.69, 9.17) is 20.6 Å². The van der Waals surface area contributed by atoms with E-state index in [0.717, 1.165) is 11.5 Å². The van der Waals surface area contributed by atoms with Crippen LogP contribution in [0.25, 0.3) is 0 Å². The number of rotatable bonds is 8. The largest absolute Gasteiger partial charge is 0.493 e. The van der Waals surface area contributed by atoms with Crippen LogP contribution in [0, 0.1) is 11.3 Å². The van der Waals surface area contributed by atoms with E-state index in [1.165, 1.54) is 22.0 Å². The quantitative estimate of drug-likeness (QED) is 0.333. The molecule has 3 aromatic rings. The number of nitrogens with two attached hydrogens (primary N) is 1. The van der Waals surface area contributed by atoms with Crippen molar-refractivity contribution in [2.45, 2.75) is 37.9 Å². The van der Waals surface area contributed by atoms with Crippen molar-refractivity contribution >= 4 is 11.8 Å². The number of nitrogen functional groups attached to an aromatic ring is 1. The first-order valence-electron chi connectivity index (χ1n) is 9.55. The van der Waals surface area contributed by atoms with Gasteiger partial charge < -0.3 is 15.3 Å². The number of hydrogen-bond donors (Lipinski definition) is 1. The maximum atomic E-state index is 8.81. The molecular formula is C22H25N5O2S. The molecule has 0 saturated carbocycles. The van der Waals surface area contributed by atoms with E-state index in [2.05, 4.69) is 49.2 Å². The van der Waals surface area contributed by atoms with Crippen LogP contribution in [0.15, 0.2) is 53.7 Å². The molecular weight excluding hydrogens is 398 g/mol. The van der Waals surface area contributed by atoms with Gasteiger partial charge in [0.2, 0.25) is 5.16 Å². The Bertz CT molecular complexity index is 1000. The number of nitriles is 1. The highest BCUT2D eigenvalue weighted by Crippen LogP contribution is 2.24. The zero-order chi connectivity index (χ0) is 21.6. The number of ether oxygens (including phenoxy) is 2. The summed E-state index contributed by atoms with van der Waals surface area (Å²) >= 11 is 1.45. The zero-order valence-corrected chi connectivity index (χ0v) is 18.1. The van der Waals surface area contributed by atoms with Gasteiger partial charge in [-0.15, -0.1) is 10.2 Å². The van der Waals surface area contributed by atoms with E-state index < -0.39 is 0 Å². The van der Waals surface area contributed by atoms with Crippen molar-refractivity contribution in [2.24, 2.45) is 0 Å². The first kappa shape index (κ1) is 21.5. The number of nitrogens with zero attached hydrogens (tertiary/aromatic N) is 4. The molecule has 0 radical (unpaired) electrons. The van der Waals surface area contributed by atoms with Gasteiger partial charge in [-0.05, 0) is 47.4 Å². The highest BCUT2D eigenvalue weighted by Gasteiger charge is 2.14. The second-order valence-corrected chi connectivity index (χ2v) is 8.73. The highest BCUT2D eigenvalue weighted by atomic mass is 32.2. The average Bonchev–Trinajstić information content (AvgIpc) is 3.09. The van der Waals surface area contributed by atoms with Crippen molar-refractivity contribution in [2.75, 3.05) is 18.2 Å². The van der Waals surface area contributed by atoms with E-state index >= 15 is 0 Å². The minimum atomic E-state index is 0.103. The Labute approximate surface area is 180 Å². The van der Waals surface area contributed by atoms with Crippen molar-refractivity contribution in [3.63, 3.8) is 0 Å². The summed E-state index contributed by atoms with van der Waals surface area (Å²) in [4.78, 5) is 0. The van der Waals surface area contributed by atoms with Crippen molar-refractivity contribution in [3.05, 3.63) is 65.5 Å². The highest BCUT2D eigenvalue weighted by molar-refractivity contribution is 7.99. The van der Waals surface area contributed by atoms with Gasteiger partial charge in [-0.3, -0.25) is 0 Å². The number of benzene rings is 2. The minimum Gasteiger partial charge on any atom is -0.493 e. The summed E-state index contributed by atoms with van der Waals surface area (Å²) in [5.41, 5.74) is 1.96. The lowest BCUT2D eigenvalue weighted by atomic mass is 9.87. The molecule has 0 aliphatic heterocycles. The zero-order valence-electron chi connectivity index (χ0n) is 17.3. The van der Waals surface area contributed by atoms with Gasteiger partial charge in [0.05, 0.1) is 18.2 Å². The summed E-state index contributed by atoms with van der Waals surface area (Å²) in [5.74, 6) is 8.78. The summed E-state index contributed by atoms with van der Waals surface area (Å²) in [6, 6.07) is 17.1. The summed E-state index contributed by atoms with van der Waals surface area (Å²) in [5, 5.41) is 17.6. The molecule has 2 aromatic carbocycles. The Hall–Kier alpha value is -3.18. The fourth-order valence-electron chi connectivity index (χ4n) is 2.62. The Kier molecular flexibility index (Phi) is 6.85. The molecule has 0 aliphatic rings. The number of hydrogen-bond acceptors (Lipinski definition) is 7. The van der Waals surface area contributed by atoms with Crippen LogP contribution in [0.5, 0.6) is 11.5 Å². The predicted molar refractivity (Wildman–Crippen MR) is 117 cm³/mol. The molecule has 0 amide bonds. The van der Waals surface area contributed by atoms with Gasteiger partial charge in [-0.25, -0.2) is 4.68 Å². The average molecular weight is 424 g/mol. The second-order valence-electron chi connectivity index (χ2n) is 7.66. The third kappa shape index (κ3) is 5.67. The first-order chi connectivity index (χ1) is 14.4. The smallest absolute Gasteiger partial charge is 0.210 e. The van der Waals surface area contributed by atoms with Crippen LogP contribution in [0.1, 0.15) is 37.7 Å². The van der Waals surface area contributed by atoms with E-state index in [-0.39, 0.29) is 12.0 Å². The van der Waals surface area contributed by atoms with E-state index in [9.17, 15) is 0 Å². The van der Waals surface area contributed by atoms with Crippen molar-refractivity contribution < 1.29 is 9.47 Å². The first-order valence-corrected chi connectivity index (χ1v) is 10.5. The third-order valence-electron chi connectivity index (χ3n) is 4.39. The van der Waals surface area contributed by atoms with Crippen LogP contribution in [-0.4, -0.2) is 27.2 Å². The van der Waals surface area contributed by atoms with E-state index in [1.54, 1.807) is 24.3 Å². The van der Waals surface area contributed by atoms with Crippen LogP contribution in [-0.2, 0) is 12.0 Å². The Balaban J connectivity index is 1.46. The molecule has 8 heteroatoms.